The highest BCUT2D eigenvalue weighted by Crippen LogP contribution is 2.35. The average molecular weight is 316 g/mol. The first kappa shape index (κ1) is 16.4. The number of nitrogens with zero attached hydrogens (tertiary/aromatic N) is 1. The molecule has 0 unspecified atom stereocenters. The average Bonchev–Trinajstić information content (AvgIpc) is 2.36. The number of aliphatic hydroxyl groups excluding tert-OH is 1. The minimum atomic E-state index is -3.85. The predicted molar refractivity (Wildman–Crippen MR) is 77.8 cm³/mol. The Bertz CT molecular complexity index is 613. The van der Waals surface area contributed by atoms with Crippen LogP contribution in [-0.4, -0.2) is 44.6 Å². The van der Waals surface area contributed by atoms with Crippen molar-refractivity contribution in [3.05, 3.63) is 29.6 Å². The molecule has 2 rings (SSSR count). The lowest BCUT2D eigenvalue weighted by molar-refractivity contribution is 0.0656. The molecule has 0 heterocycles. The van der Waals surface area contributed by atoms with E-state index >= 15 is 0 Å². The van der Waals surface area contributed by atoms with Gasteiger partial charge < -0.3 is 10.0 Å². The zero-order chi connectivity index (χ0) is 15.7. The molecule has 21 heavy (non-hydrogen) atoms. The fourth-order valence-corrected chi connectivity index (χ4v) is 3.94. The van der Waals surface area contributed by atoms with Crippen LogP contribution in [0.4, 0.5) is 4.39 Å². The number of benzene rings is 1. The Hall–Kier alpha value is -1.02. The molecule has 1 fully saturated rings. The molecule has 0 bridgehead atoms. The number of nitrogens with one attached hydrogen (secondary N) is 1. The molecule has 0 aliphatic heterocycles. The Labute approximate surface area is 124 Å². The van der Waals surface area contributed by atoms with Gasteiger partial charge in [0, 0.05) is 12.1 Å². The molecule has 0 saturated heterocycles. The summed E-state index contributed by atoms with van der Waals surface area (Å²) in [7, 11) is 0.00567. The number of sulfonamides is 1. The lowest BCUT2D eigenvalue weighted by Gasteiger charge is -2.47. The number of aliphatic hydroxyl groups is 1. The van der Waals surface area contributed by atoms with E-state index in [0.717, 1.165) is 31.4 Å². The van der Waals surface area contributed by atoms with Gasteiger partial charge in [0.25, 0.3) is 0 Å². The van der Waals surface area contributed by atoms with Crippen molar-refractivity contribution in [3.8, 4) is 0 Å². The molecule has 1 saturated carbocycles. The van der Waals surface area contributed by atoms with Crippen LogP contribution in [0.25, 0.3) is 0 Å². The summed E-state index contributed by atoms with van der Waals surface area (Å²) in [6.45, 7) is -0.168. The van der Waals surface area contributed by atoms with Crippen LogP contribution in [0.1, 0.15) is 24.8 Å². The summed E-state index contributed by atoms with van der Waals surface area (Å²) in [5.74, 6) is -0.640. The third-order valence-electron chi connectivity index (χ3n) is 4.31. The third kappa shape index (κ3) is 3.26. The molecule has 1 aliphatic rings. The van der Waals surface area contributed by atoms with Gasteiger partial charge in [0.05, 0.1) is 11.5 Å². The first-order valence-corrected chi connectivity index (χ1v) is 8.35. The first-order chi connectivity index (χ1) is 9.81. The van der Waals surface area contributed by atoms with Crippen LogP contribution >= 0.6 is 0 Å². The van der Waals surface area contributed by atoms with Crippen LogP contribution in [-0.2, 0) is 16.6 Å². The monoisotopic (exact) mass is 316 g/mol. The number of likely N-dealkylation sites (N-methyl/N-ethyl adjacent to an activating group) is 1. The maximum absolute atomic E-state index is 13.3. The third-order valence-corrected chi connectivity index (χ3v) is 5.80. The molecule has 0 atom stereocenters. The Morgan fingerprint density at radius 3 is 2.52 bits per heavy atom. The van der Waals surface area contributed by atoms with Gasteiger partial charge in [-0.05, 0) is 51.1 Å². The van der Waals surface area contributed by atoms with E-state index in [1.54, 1.807) is 0 Å². The number of hydrogen-bond acceptors (Lipinski definition) is 4. The SMILES string of the molecule is CN(C)C1(CNS(=O)(=O)c2cc(F)ccc2CO)CCC1. The smallest absolute Gasteiger partial charge is 0.241 e. The molecule has 1 aromatic carbocycles. The maximum atomic E-state index is 13.3. The summed E-state index contributed by atoms with van der Waals surface area (Å²) in [5.41, 5.74) is 0.0242. The standard InChI is InChI=1S/C14H21FN2O3S/c1-17(2)14(6-3-7-14)10-16-21(19,20)13-8-12(15)5-4-11(13)9-18/h4-5,8,16,18H,3,6-7,9-10H2,1-2H3. The Balaban J connectivity index is 2.21. The van der Waals surface area contributed by atoms with Crippen molar-refractivity contribution in [2.75, 3.05) is 20.6 Å². The summed E-state index contributed by atoms with van der Waals surface area (Å²) >= 11 is 0. The Morgan fingerprint density at radius 1 is 1.38 bits per heavy atom. The van der Waals surface area contributed by atoms with Crippen LogP contribution < -0.4 is 4.72 Å². The van der Waals surface area contributed by atoms with Crippen molar-refractivity contribution in [1.29, 1.82) is 0 Å². The van der Waals surface area contributed by atoms with Gasteiger partial charge in [-0.25, -0.2) is 17.5 Å². The van der Waals surface area contributed by atoms with Gasteiger partial charge in [-0.3, -0.25) is 0 Å². The molecule has 5 nitrogen and oxygen atoms in total. The van der Waals surface area contributed by atoms with Crippen LogP contribution in [0.3, 0.4) is 0 Å². The molecular weight excluding hydrogens is 295 g/mol. The number of rotatable bonds is 6. The molecule has 2 N–H and O–H groups in total. The highest BCUT2D eigenvalue weighted by atomic mass is 32.2. The fourth-order valence-electron chi connectivity index (χ4n) is 2.58. The van der Waals surface area contributed by atoms with Crippen LogP contribution in [0.5, 0.6) is 0 Å². The molecule has 0 spiro atoms. The van der Waals surface area contributed by atoms with E-state index in [4.69, 9.17) is 0 Å². The van der Waals surface area contributed by atoms with E-state index in [9.17, 15) is 17.9 Å². The molecule has 0 amide bonds. The topological polar surface area (TPSA) is 69.6 Å². The predicted octanol–water partition coefficient (Wildman–Crippen LogP) is 1.08. The van der Waals surface area contributed by atoms with Gasteiger partial charge in [0.2, 0.25) is 10.0 Å². The van der Waals surface area contributed by atoms with Crippen LogP contribution in [0.2, 0.25) is 0 Å². The van der Waals surface area contributed by atoms with Crippen LogP contribution in [0, 0.1) is 5.82 Å². The summed E-state index contributed by atoms with van der Waals surface area (Å²) in [6.07, 6.45) is 2.93. The molecule has 1 aliphatic carbocycles. The van der Waals surface area contributed by atoms with E-state index in [-0.39, 0.29) is 22.5 Å². The lowest BCUT2D eigenvalue weighted by atomic mass is 9.76. The van der Waals surface area contributed by atoms with Crippen molar-refractivity contribution < 1.29 is 17.9 Å². The van der Waals surface area contributed by atoms with Gasteiger partial charge in [0.15, 0.2) is 0 Å². The van der Waals surface area contributed by atoms with Gasteiger partial charge in [-0.2, -0.15) is 0 Å². The van der Waals surface area contributed by atoms with Crippen molar-refractivity contribution in [2.45, 2.75) is 36.3 Å². The molecular formula is C14H21FN2O3S. The van der Waals surface area contributed by atoms with Crippen molar-refractivity contribution >= 4 is 10.0 Å². The van der Waals surface area contributed by atoms with E-state index < -0.39 is 22.4 Å². The number of halogens is 1. The zero-order valence-electron chi connectivity index (χ0n) is 12.3. The second-order valence-corrected chi connectivity index (χ2v) is 7.44. The highest BCUT2D eigenvalue weighted by Gasteiger charge is 2.40. The van der Waals surface area contributed by atoms with Gasteiger partial charge in [-0.15, -0.1) is 0 Å². The summed E-state index contributed by atoms with van der Waals surface area (Å²) in [6, 6.07) is 3.36. The molecule has 1 aromatic rings. The molecule has 118 valence electrons. The van der Waals surface area contributed by atoms with E-state index in [1.165, 1.54) is 6.07 Å². The second kappa shape index (κ2) is 6.00. The van der Waals surface area contributed by atoms with E-state index in [2.05, 4.69) is 4.72 Å². The quantitative estimate of drug-likeness (QED) is 0.824. The fraction of sp³-hybridized carbons (Fsp3) is 0.571. The minimum absolute atomic E-state index is 0.167. The van der Waals surface area contributed by atoms with Gasteiger partial charge in [0.1, 0.15) is 5.82 Å². The highest BCUT2D eigenvalue weighted by molar-refractivity contribution is 7.89. The van der Waals surface area contributed by atoms with Crippen molar-refractivity contribution in [3.63, 3.8) is 0 Å². The van der Waals surface area contributed by atoms with Crippen molar-refractivity contribution in [2.24, 2.45) is 0 Å². The summed E-state index contributed by atoms with van der Waals surface area (Å²) in [5, 5.41) is 9.22. The van der Waals surface area contributed by atoms with Gasteiger partial charge in [-0.1, -0.05) is 6.07 Å². The Kier molecular flexibility index (Phi) is 4.67. The Morgan fingerprint density at radius 2 is 2.05 bits per heavy atom. The normalized spacial score (nSPS) is 17.8. The van der Waals surface area contributed by atoms with E-state index in [0.29, 0.717) is 0 Å². The number of hydrogen-bond donors (Lipinski definition) is 2. The largest absolute Gasteiger partial charge is 0.392 e. The summed E-state index contributed by atoms with van der Waals surface area (Å²) in [4.78, 5) is 1.83. The molecule has 0 radical (unpaired) electrons. The van der Waals surface area contributed by atoms with Crippen molar-refractivity contribution in [1.82, 2.24) is 9.62 Å². The molecule has 7 heteroatoms. The maximum Gasteiger partial charge on any atom is 0.241 e. The first-order valence-electron chi connectivity index (χ1n) is 6.87. The molecule has 0 aromatic heterocycles. The minimum Gasteiger partial charge on any atom is -0.392 e. The van der Waals surface area contributed by atoms with Gasteiger partial charge >= 0.3 is 0 Å². The second-order valence-electron chi connectivity index (χ2n) is 5.71. The van der Waals surface area contributed by atoms with E-state index in [1.807, 2.05) is 19.0 Å². The van der Waals surface area contributed by atoms with Crippen LogP contribution in [0.15, 0.2) is 23.1 Å². The lowest BCUT2D eigenvalue weighted by Crippen LogP contribution is -2.57. The zero-order valence-corrected chi connectivity index (χ0v) is 13.1. The summed E-state index contributed by atoms with van der Waals surface area (Å²) < 4.78 is 40.6.